The highest BCUT2D eigenvalue weighted by Gasteiger charge is 2.06. The quantitative estimate of drug-likeness (QED) is 0.572. The summed E-state index contributed by atoms with van der Waals surface area (Å²) in [5.41, 5.74) is 11.7. The molecule has 0 aliphatic rings. The summed E-state index contributed by atoms with van der Waals surface area (Å²) < 4.78 is 7.30. The van der Waals surface area contributed by atoms with Crippen LogP contribution in [0.15, 0.2) is 60.8 Å². The van der Waals surface area contributed by atoms with Gasteiger partial charge in [-0.2, -0.15) is 0 Å². The number of imidazole rings is 1. The Kier molecular flexibility index (Phi) is 2.76. The van der Waals surface area contributed by atoms with E-state index in [1.54, 1.807) is 7.11 Å². The molecule has 0 saturated heterocycles. The van der Waals surface area contributed by atoms with Crippen molar-refractivity contribution >= 4 is 22.4 Å². The Morgan fingerprint density at radius 2 is 1.73 bits per heavy atom. The number of nitrogens with zero attached hydrogens (tertiary/aromatic N) is 2. The zero-order chi connectivity index (χ0) is 15.1. The van der Waals surface area contributed by atoms with Gasteiger partial charge in [-0.05, 0) is 53.6 Å². The third-order valence-electron chi connectivity index (χ3n) is 3.84. The van der Waals surface area contributed by atoms with Crippen LogP contribution in [-0.2, 0) is 0 Å². The maximum absolute atomic E-state index is 5.83. The summed E-state index contributed by atoms with van der Waals surface area (Å²) in [6, 6.07) is 17.9. The molecule has 0 aliphatic carbocycles. The normalized spacial score (nSPS) is 11.1. The van der Waals surface area contributed by atoms with Gasteiger partial charge in [-0.15, -0.1) is 0 Å². The van der Waals surface area contributed by atoms with Crippen LogP contribution in [0.5, 0.6) is 5.75 Å². The van der Waals surface area contributed by atoms with Crippen LogP contribution in [0.3, 0.4) is 0 Å². The highest BCUT2D eigenvalue weighted by molar-refractivity contribution is 5.84. The van der Waals surface area contributed by atoms with Crippen molar-refractivity contribution in [2.45, 2.75) is 0 Å². The minimum absolute atomic E-state index is 0.728. The molecule has 0 aliphatic heterocycles. The Balaban J connectivity index is 1.90. The number of aromatic nitrogens is 2. The van der Waals surface area contributed by atoms with Crippen LogP contribution in [0.4, 0.5) is 5.69 Å². The third kappa shape index (κ3) is 1.97. The molecule has 108 valence electrons. The van der Waals surface area contributed by atoms with Crippen molar-refractivity contribution in [1.82, 2.24) is 9.38 Å². The summed E-state index contributed by atoms with van der Waals surface area (Å²) in [5.74, 6) is 0.855. The Morgan fingerprint density at radius 3 is 2.50 bits per heavy atom. The standard InChI is InChI=1S/C18H15N3O/c1-22-15-6-2-12(3-7-15)13-4-9-18-20-16-10-14(19)5-8-17(16)21(18)11-13/h2-11H,19H2,1H3. The molecule has 0 bridgehead atoms. The molecule has 2 aromatic heterocycles. The molecule has 4 heteroatoms. The first-order valence-corrected chi connectivity index (χ1v) is 7.06. The number of nitrogen functional groups attached to an aromatic ring is 1. The van der Waals surface area contributed by atoms with Crippen LogP contribution in [0.2, 0.25) is 0 Å². The molecule has 4 nitrogen and oxygen atoms in total. The number of pyridine rings is 1. The summed E-state index contributed by atoms with van der Waals surface area (Å²) in [7, 11) is 1.67. The van der Waals surface area contributed by atoms with Crippen LogP contribution in [0, 0.1) is 0 Å². The van der Waals surface area contributed by atoms with Gasteiger partial charge in [-0.25, -0.2) is 4.98 Å². The van der Waals surface area contributed by atoms with E-state index >= 15 is 0 Å². The lowest BCUT2D eigenvalue weighted by Gasteiger charge is -2.05. The Labute approximate surface area is 127 Å². The van der Waals surface area contributed by atoms with Gasteiger partial charge in [-0.3, -0.25) is 4.40 Å². The lowest BCUT2D eigenvalue weighted by molar-refractivity contribution is 0.415. The zero-order valence-corrected chi connectivity index (χ0v) is 12.2. The van der Waals surface area contributed by atoms with Crippen molar-refractivity contribution in [2.75, 3.05) is 12.8 Å². The maximum Gasteiger partial charge on any atom is 0.137 e. The van der Waals surface area contributed by atoms with Gasteiger partial charge in [-0.1, -0.05) is 12.1 Å². The number of ether oxygens (including phenoxy) is 1. The summed E-state index contributed by atoms with van der Waals surface area (Å²) in [6.45, 7) is 0. The number of nitrogens with two attached hydrogens (primary N) is 1. The van der Waals surface area contributed by atoms with E-state index < -0.39 is 0 Å². The first-order chi connectivity index (χ1) is 10.7. The van der Waals surface area contributed by atoms with E-state index in [0.29, 0.717) is 0 Å². The lowest BCUT2D eigenvalue weighted by atomic mass is 10.1. The fourth-order valence-corrected chi connectivity index (χ4v) is 2.69. The number of benzene rings is 2. The van der Waals surface area contributed by atoms with E-state index in [4.69, 9.17) is 10.5 Å². The number of rotatable bonds is 2. The van der Waals surface area contributed by atoms with Gasteiger partial charge in [0.15, 0.2) is 0 Å². The van der Waals surface area contributed by atoms with Crippen LogP contribution in [-0.4, -0.2) is 16.5 Å². The molecule has 0 radical (unpaired) electrons. The first kappa shape index (κ1) is 12.7. The number of methoxy groups -OCH3 is 1. The third-order valence-corrected chi connectivity index (χ3v) is 3.84. The highest BCUT2D eigenvalue weighted by atomic mass is 16.5. The molecule has 2 N–H and O–H groups in total. The van der Waals surface area contributed by atoms with Crippen molar-refractivity contribution in [3.63, 3.8) is 0 Å². The Bertz CT molecular complexity index is 971. The minimum Gasteiger partial charge on any atom is -0.497 e. The van der Waals surface area contributed by atoms with Crippen LogP contribution < -0.4 is 10.5 Å². The van der Waals surface area contributed by atoms with Gasteiger partial charge in [0, 0.05) is 11.9 Å². The van der Waals surface area contributed by atoms with Crippen molar-refractivity contribution < 1.29 is 4.74 Å². The second-order valence-corrected chi connectivity index (χ2v) is 5.23. The van der Waals surface area contributed by atoms with E-state index in [2.05, 4.69) is 33.8 Å². The SMILES string of the molecule is COc1ccc(-c2ccc3nc4cc(N)ccc4n3c2)cc1. The Morgan fingerprint density at radius 1 is 0.955 bits per heavy atom. The highest BCUT2D eigenvalue weighted by Crippen LogP contribution is 2.25. The molecule has 4 aromatic rings. The molecule has 0 amide bonds. The van der Waals surface area contributed by atoms with Crippen molar-refractivity contribution in [3.05, 3.63) is 60.8 Å². The van der Waals surface area contributed by atoms with Crippen molar-refractivity contribution in [2.24, 2.45) is 0 Å². The molecular formula is C18H15N3O. The van der Waals surface area contributed by atoms with Crippen molar-refractivity contribution in [3.8, 4) is 16.9 Å². The largest absolute Gasteiger partial charge is 0.497 e. The van der Waals surface area contributed by atoms with E-state index in [0.717, 1.165) is 39.2 Å². The fourth-order valence-electron chi connectivity index (χ4n) is 2.69. The summed E-state index contributed by atoms with van der Waals surface area (Å²) >= 11 is 0. The Hall–Kier alpha value is -3.01. The van der Waals surface area contributed by atoms with Crippen LogP contribution >= 0.6 is 0 Å². The summed E-state index contributed by atoms with van der Waals surface area (Å²) in [6.07, 6.45) is 2.10. The second-order valence-electron chi connectivity index (χ2n) is 5.23. The van der Waals surface area contributed by atoms with Gasteiger partial charge < -0.3 is 10.5 Å². The van der Waals surface area contributed by atoms with E-state index in [9.17, 15) is 0 Å². The minimum atomic E-state index is 0.728. The molecule has 4 rings (SSSR count). The number of fused-ring (bicyclic) bond motifs is 3. The number of anilines is 1. The maximum atomic E-state index is 5.83. The van der Waals surface area contributed by atoms with Crippen LogP contribution in [0.25, 0.3) is 27.8 Å². The number of hydrogen-bond acceptors (Lipinski definition) is 3. The average Bonchev–Trinajstić information content (AvgIpc) is 2.91. The van der Waals surface area contributed by atoms with Gasteiger partial charge in [0.05, 0.1) is 18.1 Å². The van der Waals surface area contributed by atoms with Crippen molar-refractivity contribution in [1.29, 1.82) is 0 Å². The molecule has 2 heterocycles. The first-order valence-electron chi connectivity index (χ1n) is 7.06. The average molecular weight is 289 g/mol. The van der Waals surface area contributed by atoms with E-state index in [-0.39, 0.29) is 0 Å². The van der Waals surface area contributed by atoms with E-state index in [1.165, 1.54) is 0 Å². The predicted octanol–water partition coefficient (Wildman–Crippen LogP) is 3.75. The molecule has 22 heavy (non-hydrogen) atoms. The fraction of sp³-hybridized carbons (Fsp3) is 0.0556. The molecule has 0 atom stereocenters. The second kappa shape index (κ2) is 4.77. The number of hydrogen-bond donors (Lipinski definition) is 1. The van der Waals surface area contributed by atoms with Gasteiger partial charge in [0.25, 0.3) is 0 Å². The molecule has 0 unspecified atom stereocenters. The summed E-state index contributed by atoms with van der Waals surface area (Å²) in [5, 5.41) is 0. The molecule has 0 saturated carbocycles. The predicted molar refractivity (Wildman–Crippen MR) is 89.1 cm³/mol. The molecular weight excluding hydrogens is 274 g/mol. The zero-order valence-electron chi connectivity index (χ0n) is 12.2. The lowest BCUT2D eigenvalue weighted by Crippen LogP contribution is -1.88. The molecule has 2 aromatic carbocycles. The van der Waals surface area contributed by atoms with Crippen LogP contribution in [0.1, 0.15) is 0 Å². The topological polar surface area (TPSA) is 52.5 Å². The van der Waals surface area contributed by atoms with Gasteiger partial charge in [0.2, 0.25) is 0 Å². The molecule has 0 fully saturated rings. The summed E-state index contributed by atoms with van der Waals surface area (Å²) in [4.78, 5) is 4.60. The van der Waals surface area contributed by atoms with Gasteiger partial charge >= 0.3 is 0 Å². The van der Waals surface area contributed by atoms with Gasteiger partial charge in [0.1, 0.15) is 11.4 Å². The van der Waals surface area contributed by atoms with E-state index in [1.807, 2.05) is 36.4 Å². The smallest absolute Gasteiger partial charge is 0.137 e. The molecule has 0 spiro atoms. The monoisotopic (exact) mass is 289 g/mol.